The molecular weight excluding hydrogens is 401 g/mol. The number of ether oxygens (including phenoxy) is 1. The molecule has 0 N–H and O–H groups in total. The summed E-state index contributed by atoms with van der Waals surface area (Å²) in [6, 6.07) is 0. The van der Waals surface area contributed by atoms with Gasteiger partial charge in [-0.1, -0.05) is 33.1 Å². The lowest BCUT2D eigenvalue weighted by molar-refractivity contribution is -0.355. The van der Waals surface area contributed by atoms with Crippen LogP contribution in [0.15, 0.2) is 0 Å². The average molecular weight is 428 g/mol. The molecular formula is C17H27F7O2S. The van der Waals surface area contributed by atoms with E-state index in [2.05, 4.69) is 0 Å². The van der Waals surface area contributed by atoms with Gasteiger partial charge in [0.25, 0.3) is 0 Å². The Morgan fingerprint density at radius 2 is 1.56 bits per heavy atom. The minimum absolute atomic E-state index is 0.000467. The Hall–Kier alpha value is -0.670. The van der Waals surface area contributed by atoms with Crippen molar-refractivity contribution in [2.75, 3.05) is 12.4 Å². The smallest absolute Gasteiger partial charge is 0.459 e. The highest BCUT2D eigenvalue weighted by Gasteiger charge is 2.72. The van der Waals surface area contributed by atoms with Crippen molar-refractivity contribution in [2.24, 2.45) is 0 Å². The average Bonchev–Trinajstić information content (AvgIpc) is 2.56. The zero-order chi connectivity index (χ0) is 21.1. The third-order valence-corrected chi connectivity index (χ3v) is 5.16. The number of unbranched alkanes of at least 4 members (excludes halogenated alkanes) is 3. The summed E-state index contributed by atoms with van der Waals surface area (Å²) in [6.07, 6.45) is -4.52. The Labute approximate surface area is 159 Å². The van der Waals surface area contributed by atoms with E-state index in [0.29, 0.717) is 12.8 Å². The summed E-state index contributed by atoms with van der Waals surface area (Å²) in [6.45, 7) is 4.10. The molecule has 0 aliphatic carbocycles. The predicted octanol–water partition coefficient (Wildman–Crippen LogP) is 6.62. The first-order chi connectivity index (χ1) is 12.4. The van der Waals surface area contributed by atoms with E-state index >= 15 is 0 Å². The maximum atomic E-state index is 13.2. The van der Waals surface area contributed by atoms with Gasteiger partial charge in [-0.3, -0.25) is 4.79 Å². The van der Waals surface area contributed by atoms with Gasteiger partial charge in [0.1, 0.15) is 5.25 Å². The lowest BCUT2D eigenvalue weighted by Crippen LogP contribution is -2.51. The van der Waals surface area contributed by atoms with E-state index in [0.717, 1.165) is 31.0 Å². The molecule has 0 radical (unpaired) electrons. The van der Waals surface area contributed by atoms with Crippen molar-refractivity contribution in [2.45, 2.75) is 88.5 Å². The second-order valence-electron chi connectivity index (χ2n) is 6.26. The SMILES string of the molecule is CCCCCC(SCCCCC(F)(F)C(F)(F)C(F)(F)F)C(=O)OCCC. The number of thioether (sulfide) groups is 1. The van der Waals surface area contributed by atoms with Crippen molar-refractivity contribution in [1.29, 1.82) is 0 Å². The van der Waals surface area contributed by atoms with Crippen LogP contribution < -0.4 is 0 Å². The molecule has 162 valence electrons. The Morgan fingerprint density at radius 1 is 0.926 bits per heavy atom. The largest absolute Gasteiger partial charge is 0.465 e. The normalized spacial score (nSPS) is 14.3. The molecule has 0 rings (SSSR count). The number of rotatable bonds is 14. The van der Waals surface area contributed by atoms with Gasteiger partial charge in [0.2, 0.25) is 0 Å². The fourth-order valence-electron chi connectivity index (χ4n) is 2.18. The summed E-state index contributed by atoms with van der Waals surface area (Å²) in [7, 11) is 0. The molecule has 0 aromatic heterocycles. The summed E-state index contributed by atoms with van der Waals surface area (Å²) in [4.78, 5) is 12.0. The van der Waals surface area contributed by atoms with Crippen LogP contribution in [0.5, 0.6) is 0 Å². The standard InChI is InChI=1S/C17H27F7O2S/c1-3-5-6-9-13(14(25)26-11-4-2)27-12-8-7-10-15(18,19)16(20,21)17(22,23)24/h13H,3-12H2,1-2H3. The van der Waals surface area contributed by atoms with Gasteiger partial charge in [0.05, 0.1) is 6.61 Å². The molecule has 1 unspecified atom stereocenters. The molecule has 10 heteroatoms. The number of esters is 1. The van der Waals surface area contributed by atoms with E-state index in [-0.39, 0.29) is 18.8 Å². The first-order valence-corrected chi connectivity index (χ1v) is 10.1. The van der Waals surface area contributed by atoms with Gasteiger partial charge in [0.15, 0.2) is 0 Å². The Bertz CT molecular complexity index is 428. The van der Waals surface area contributed by atoms with Gasteiger partial charge in [0, 0.05) is 6.42 Å². The first-order valence-electron chi connectivity index (χ1n) is 9.01. The molecule has 0 aromatic carbocycles. The molecule has 0 saturated heterocycles. The summed E-state index contributed by atoms with van der Waals surface area (Å²) < 4.78 is 93.3. The van der Waals surface area contributed by atoms with Gasteiger partial charge in [-0.25, -0.2) is 0 Å². The minimum atomic E-state index is -6.29. The summed E-state index contributed by atoms with van der Waals surface area (Å²) >= 11 is 1.16. The van der Waals surface area contributed by atoms with Crippen LogP contribution in [-0.2, 0) is 9.53 Å². The third-order valence-electron chi connectivity index (χ3n) is 3.80. The van der Waals surface area contributed by atoms with E-state index in [1.165, 1.54) is 0 Å². The third kappa shape index (κ3) is 8.91. The monoisotopic (exact) mass is 428 g/mol. The highest BCUT2D eigenvalue weighted by atomic mass is 32.2. The number of carbonyl (C=O) groups is 1. The molecule has 0 saturated carbocycles. The lowest BCUT2D eigenvalue weighted by atomic mass is 10.0. The van der Waals surface area contributed by atoms with Crippen molar-refractivity contribution in [1.82, 2.24) is 0 Å². The van der Waals surface area contributed by atoms with Crippen LogP contribution in [0.25, 0.3) is 0 Å². The summed E-state index contributed by atoms with van der Waals surface area (Å²) in [5.41, 5.74) is 0. The van der Waals surface area contributed by atoms with Crippen molar-refractivity contribution >= 4 is 17.7 Å². The van der Waals surface area contributed by atoms with E-state index in [4.69, 9.17) is 4.74 Å². The molecule has 0 amide bonds. The lowest BCUT2D eigenvalue weighted by Gasteiger charge is -2.28. The van der Waals surface area contributed by atoms with Crippen LogP contribution in [0, 0.1) is 0 Å². The Kier molecular flexibility index (Phi) is 11.7. The molecule has 0 aliphatic heterocycles. The van der Waals surface area contributed by atoms with Gasteiger partial charge >= 0.3 is 24.0 Å². The highest BCUT2D eigenvalue weighted by Crippen LogP contribution is 2.48. The maximum absolute atomic E-state index is 13.2. The first kappa shape index (κ1) is 26.3. The molecule has 27 heavy (non-hydrogen) atoms. The van der Waals surface area contributed by atoms with Crippen LogP contribution in [0.2, 0.25) is 0 Å². The van der Waals surface area contributed by atoms with Crippen molar-refractivity contribution in [3.8, 4) is 0 Å². The molecule has 0 heterocycles. The summed E-state index contributed by atoms with van der Waals surface area (Å²) in [5, 5.41) is -0.486. The van der Waals surface area contributed by atoms with E-state index in [9.17, 15) is 35.5 Å². The summed E-state index contributed by atoms with van der Waals surface area (Å²) in [5.74, 6) is -11.4. The van der Waals surface area contributed by atoms with Gasteiger partial charge in [-0.2, -0.15) is 30.7 Å². The molecule has 2 nitrogen and oxygen atoms in total. The number of halogens is 7. The topological polar surface area (TPSA) is 26.3 Å². The van der Waals surface area contributed by atoms with Crippen LogP contribution in [0.4, 0.5) is 30.7 Å². The van der Waals surface area contributed by atoms with E-state index in [1.807, 2.05) is 13.8 Å². The quantitative estimate of drug-likeness (QED) is 0.177. The Morgan fingerprint density at radius 3 is 2.07 bits per heavy atom. The van der Waals surface area contributed by atoms with Crippen LogP contribution >= 0.6 is 11.8 Å². The molecule has 0 bridgehead atoms. The van der Waals surface area contributed by atoms with Crippen molar-refractivity contribution < 1.29 is 40.3 Å². The Balaban J connectivity index is 4.44. The van der Waals surface area contributed by atoms with Crippen molar-refractivity contribution in [3.63, 3.8) is 0 Å². The minimum Gasteiger partial charge on any atom is -0.465 e. The number of carbonyl (C=O) groups excluding carboxylic acids is 1. The number of hydrogen-bond donors (Lipinski definition) is 0. The van der Waals surface area contributed by atoms with Crippen LogP contribution in [0.1, 0.15) is 65.2 Å². The molecule has 0 aliphatic rings. The van der Waals surface area contributed by atoms with Gasteiger partial charge in [-0.05, 0) is 31.4 Å². The van der Waals surface area contributed by atoms with E-state index < -0.39 is 42.1 Å². The van der Waals surface area contributed by atoms with Crippen molar-refractivity contribution in [3.05, 3.63) is 0 Å². The predicted molar refractivity (Wildman–Crippen MR) is 91.4 cm³/mol. The van der Waals surface area contributed by atoms with Crippen LogP contribution in [0.3, 0.4) is 0 Å². The molecule has 0 spiro atoms. The second-order valence-corrected chi connectivity index (χ2v) is 7.57. The molecule has 1 atom stereocenters. The van der Waals surface area contributed by atoms with Gasteiger partial charge < -0.3 is 4.74 Å². The second kappa shape index (κ2) is 12.0. The highest BCUT2D eigenvalue weighted by molar-refractivity contribution is 8.00. The molecule has 0 fully saturated rings. The zero-order valence-corrected chi connectivity index (χ0v) is 16.3. The number of alkyl halides is 7. The maximum Gasteiger partial charge on any atom is 0.459 e. The fourth-order valence-corrected chi connectivity index (χ4v) is 3.38. The molecule has 0 aromatic rings. The van der Waals surface area contributed by atoms with E-state index in [1.54, 1.807) is 0 Å². The van der Waals surface area contributed by atoms with Gasteiger partial charge in [-0.15, -0.1) is 11.8 Å². The fraction of sp³-hybridized carbons (Fsp3) is 0.941. The van der Waals surface area contributed by atoms with Crippen LogP contribution in [-0.4, -0.2) is 41.6 Å². The number of hydrogen-bond acceptors (Lipinski definition) is 3. The zero-order valence-electron chi connectivity index (χ0n) is 15.5.